The lowest BCUT2D eigenvalue weighted by Gasteiger charge is -2.09. The number of amides is 2. The Hall–Kier alpha value is -3.22. The van der Waals surface area contributed by atoms with E-state index in [0.29, 0.717) is 18.2 Å². The van der Waals surface area contributed by atoms with Crippen LogP contribution in [0.15, 0.2) is 42.5 Å². The minimum Gasteiger partial charge on any atom is -0.497 e. The number of H-pyrrole nitrogens is 1. The first kappa shape index (κ1) is 17.6. The summed E-state index contributed by atoms with van der Waals surface area (Å²) in [5.74, 6) is 1.94. The zero-order chi connectivity index (χ0) is 18.5. The van der Waals surface area contributed by atoms with Gasteiger partial charge in [0.15, 0.2) is 5.82 Å². The standard InChI is InChI=1S/C19H22N4O3/c1-12(2)20-19(24)21-18-16-10-15(7-8-17(16)22-23-18)26-11-13-5-4-6-14(9-13)25-3/h4-10,12H,11H2,1-3H3,(H3,20,21,22,23,24). The number of nitrogens with one attached hydrogen (secondary N) is 3. The molecule has 0 aliphatic rings. The molecular formula is C19H22N4O3. The summed E-state index contributed by atoms with van der Waals surface area (Å²) in [6.45, 7) is 4.21. The van der Waals surface area contributed by atoms with Gasteiger partial charge in [-0.15, -0.1) is 0 Å². The van der Waals surface area contributed by atoms with Crippen LogP contribution < -0.4 is 20.1 Å². The van der Waals surface area contributed by atoms with Crippen LogP contribution in [0.25, 0.3) is 10.9 Å². The number of ether oxygens (including phenoxy) is 2. The molecule has 2 aromatic carbocycles. The third-order valence-electron chi connectivity index (χ3n) is 3.73. The van der Waals surface area contributed by atoms with E-state index in [0.717, 1.165) is 22.2 Å². The van der Waals surface area contributed by atoms with E-state index in [-0.39, 0.29) is 12.1 Å². The number of rotatable bonds is 6. The van der Waals surface area contributed by atoms with E-state index in [2.05, 4.69) is 20.8 Å². The highest BCUT2D eigenvalue weighted by Crippen LogP contribution is 2.26. The summed E-state index contributed by atoms with van der Waals surface area (Å²) in [5, 5.41) is 13.4. The number of anilines is 1. The van der Waals surface area contributed by atoms with Crippen molar-refractivity contribution in [1.82, 2.24) is 15.5 Å². The number of urea groups is 1. The van der Waals surface area contributed by atoms with Crippen molar-refractivity contribution in [3.63, 3.8) is 0 Å². The van der Waals surface area contributed by atoms with Crippen LogP contribution >= 0.6 is 0 Å². The molecule has 0 aliphatic heterocycles. The fourth-order valence-corrected chi connectivity index (χ4v) is 2.51. The summed E-state index contributed by atoms with van der Waals surface area (Å²) >= 11 is 0. The van der Waals surface area contributed by atoms with Crippen LogP contribution in [0.3, 0.4) is 0 Å². The second-order valence-corrected chi connectivity index (χ2v) is 6.17. The van der Waals surface area contributed by atoms with Crippen molar-refractivity contribution in [1.29, 1.82) is 0 Å². The highest BCUT2D eigenvalue weighted by Gasteiger charge is 2.11. The molecule has 7 heteroatoms. The van der Waals surface area contributed by atoms with Gasteiger partial charge in [-0.05, 0) is 49.7 Å². The summed E-state index contributed by atoms with van der Waals surface area (Å²) in [6.07, 6.45) is 0. The number of carbonyl (C=O) groups is 1. The number of nitrogens with zero attached hydrogens (tertiary/aromatic N) is 1. The van der Waals surface area contributed by atoms with E-state index < -0.39 is 0 Å². The molecule has 0 saturated heterocycles. The number of fused-ring (bicyclic) bond motifs is 1. The van der Waals surface area contributed by atoms with Gasteiger partial charge in [-0.3, -0.25) is 10.4 Å². The minimum absolute atomic E-state index is 0.0435. The molecule has 1 aromatic heterocycles. The summed E-state index contributed by atoms with van der Waals surface area (Å²) in [5.41, 5.74) is 1.82. The maximum Gasteiger partial charge on any atom is 0.320 e. The van der Waals surface area contributed by atoms with E-state index in [4.69, 9.17) is 9.47 Å². The second kappa shape index (κ2) is 7.77. The predicted octanol–water partition coefficient (Wildman–Crippen LogP) is 3.68. The molecule has 2 amide bonds. The molecule has 0 atom stereocenters. The molecule has 3 rings (SSSR count). The number of benzene rings is 2. The normalized spacial score (nSPS) is 10.8. The summed E-state index contributed by atoms with van der Waals surface area (Å²) in [4.78, 5) is 11.9. The predicted molar refractivity (Wildman–Crippen MR) is 101 cm³/mol. The number of hydrogen-bond donors (Lipinski definition) is 3. The Morgan fingerprint density at radius 3 is 2.81 bits per heavy atom. The van der Waals surface area contributed by atoms with Crippen LogP contribution in [0, 0.1) is 0 Å². The average Bonchev–Trinajstić information content (AvgIpc) is 3.01. The maximum absolute atomic E-state index is 11.9. The van der Waals surface area contributed by atoms with Gasteiger partial charge in [0.1, 0.15) is 18.1 Å². The van der Waals surface area contributed by atoms with Crippen LogP contribution in [-0.2, 0) is 6.61 Å². The van der Waals surface area contributed by atoms with Crippen molar-refractivity contribution in [3.05, 3.63) is 48.0 Å². The quantitative estimate of drug-likeness (QED) is 0.630. The summed E-state index contributed by atoms with van der Waals surface area (Å²) in [7, 11) is 1.64. The fourth-order valence-electron chi connectivity index (χ4n) is 2.51. The number of methoxy groups -OCH3 is 1. The van der Waals surface area contributed by atoms with Gasteiger partial charge in [0.2, 0.25) is 0 Å². The van der Waals surface area contributed by atoms with E-state index in [9.17, 15) is 4.79 Å². The molecule has 0 bridgehead atoms. The lowest BCUT2D eigenvalue weighted by molar-refractivity contribution is 0.250. The first-order valence-corrected chi connectivity index (χ1v) is 8.36. The van der Waals surface area contributed by atoms with Crippen molar-refractivity contribution in [3.8, 4) is 11.5 Å². The van der Waals surface area contributed by atoms with E-state index in [1.807, 2.05) is 56.3 Å². The second-order valence-electron chi connectivity index (χ2n) is 6.17. The van der Waals surface area contributed by atoms with Crippen LogP contribution in [0.2, 0.25) is 0 Å². The van der Waals surface area contributed by atoms with Gasteiger partial charge < -0.3 is 14.8 Å². The number of aromatic amines is 1. The largest absolute Gasteiger partial charge is 0.497 e. The smallest absolute Gasteiger partial charge is 0.320 e. The number of carbonyl (C=O) groups excluding carboxylic acids is 1. The third-order valence-corrected chi connectivity index (χ3v) is 3.73. The molecular weight excluding hydrogens is 332 g/mol. The van der Waals surface area contributed by atoms with Gasteiger partial charge in [0.25, 0.3) is 0 Å². The SMILES string of the molecule is COc1cccc(COc2ccc3[nH]nc(NC(=O)NC(C)C)c3c2)c1. The van der Waals surface area contributed by atoms with Gasteiger partial charge in [0, 0.05) is 11.4 Å². The molecule has 3 aromatic rings. The van der Waals surface area contributed by atoms with Crippen molar-refractivity contribution < 1.29 is 14.3 Å². The minimum atomic E-state index is -0.295. The molecule has 0 radical (unpaired) electrons. The zero-order valence-corrected chi connectivity index (χ0v) is 15.0. The van der Waals surface area contributed by atoms with Crippen molar-refractivity contribution in [2.75, 3.05) is 12.4 Å². The van der Waals surface area contributed by atoms with Gasteiger partial charge >= 0.3 is 6.03 Å². The maximum atomic E-state index is 11.9. The molecule has 3 N–H and O–H groups in total. The molecule has 0 unspecified atom stereocenters. The zero-order valence-electron chi connectivity index (χ0n) is 15.0. The summed E-state index contributed by atoms with van der Waals surface area (Å²) < 4.78 is 11.1. The lowest BCUT2D eigenvalue weighted by Crippen LogP contribution is -2.34. The summed E-state index contributed by atoms with van der Waals surface area (Å²) in [6, 6.07) is 13.0. The van der Waals surface area contributed by atoms with Crippen LogP contribution in [0.4, 0.5) is 10.6 Å². The van der Waals surface area contributed by atoms with Gasteiger partial charge in [-0.2, -0.15) is 5.10 Å². The monoisotopic (exact) mass is 354 g/mol. The topological polar surface area (TPSA) is 88.3 Å². The molecule has 0 fully saturated rings. The molecule has 0 aliphatic carbocycles. The molecule has 136 valence electrons. The van der Waals surface area contributed by atoms with E-state index >= 15 is 0 Å². The Bertz CT molecular complexity index is 905. The van der Waals surface area contributed by atoms with Crippen molar-refractivity contribution in [2.45, 2.75) is 26.5 Å². The molecule has 7 nitrogen and oxygen atoms in total. The van der Waals surface area contributed by atoms with E-state index in [1.165, 1.54) is 0 Å². The number of hydrogen-bond acceptors (Lipinski definition) is 4. The highest BCUT2D eigenvalue weighted by atomic mass is 16.5. The highest BCUT2D eigenvalue weighted by molar-refractivity contribution is 5.99. The van der Waals surface area contributed by atoms with Gasteiger partial charge in [-0.25, -0.2) is 4.79 Å². The average molecular weight is 354 g/mol. The Kier molecular flexibility index (Phi) is 5.26. The molecule has 26 heavy (non-hydrogen) atoms. The van der Waals surface area contributed by atoms with Gasteiger partial charge in [0.05, 0.1) is 12.6 Å². The molecule has 0 spiro atoms. The van der Waals surface area contributed by atoms with Crippen molar-refractivity contribution >= 4 is 22.8 Å². The van der Waals surface area contributed by atoms with Crippen LogP contribution in [0.5, 0.6) is 11.5 Å². The molecule has 0 saturated carbocycles. The lowest BCUT2D eigenvalue weighted by atomic mass is 10.2. The van der Waals surface area contributed by atoms with Crippen LogP contribution in [0.1, 0.15) is 19.4 Å². The Balaban J connectivity index is 1.73. The molecule has 1 heterocycles. The van der Waals surface area contributed by atoms with Crippen LogP contribution in [-0.4, -0.2) is 29.4 Å². The van der Waals surface area contributed by atoms with E-state index in [1.54, 1.807) is 7.11 Å². The Morgan fingerprint density at radius 2 is 2.04 bits per heavy atom. The Labute approximate surface area is 151 Å². The number of aromatic nitrogens is 2. The first-order chi connectivity index (χ1) is 12.5. The first-order valence-electron chi connectivity index (χ1n) is 8.36. The van der Waals surface area contributed by atoms with Crippen molar-refractivity contribution in [2.24, 2.45) is 0 Å². The Morgan fingerprint density at radius 1 is 1.19 bits per heavy atom. The third kappa shape index (κ3) is 4.24. The fraction of sp³-hybridized carbons (Fsp3) is 0.263. The van der Waals surface area contributed by atoms with Gasteiger partial charge in [-0.1, -0.05) is 12.1 Å².